The molecule has 0 spiro atoms. The summed E-state index contributed by atoms with van der Waals surface area (Å²) in [5, 5.41) is 0. The van der Waals surface area contributed by atoms with Crippen molar-refractivity contribution in [2.45, 2.75) is 52.1 Å². The molecule has 0 unspecified atom stereocenters. The predicted octanol–water partition coefficient (Wildman–Crippen LogP) is 5.08. The van der Waals surface area contributed by atoms with Gasteiger partial charge in [0.05, 0.1) is 6.61 Å². The van der Waals surface area contributed by atoms with E-state index in [4.69, 9.17) is 9.47 Å². The van der Waals surface area contributed by atoms with Gasteiger partial charge < -0.3 is 24.2 Å². The topological polar surface area (TPSA) is 45.3 Å². The number of carbonyl (C=O) groups excluding carboxylic acids is 1. The van der Waals surface area contributed by atoms with Crippen molar-refractivity contribution in [2.75, 3.05) is 57.3 Å². The zero-order valence-electron chi connectivity index (χ0n) is 21.7. The Bertz CT molecular complexity index is 940. The number of nitrogens with zero attached hydrogens (tertiary/aromatic N) is 3. The van der Waals surface area contributed by atoms with Crippen molar-refractivity contribution < 1.29 is 14.3 Å². The van der Waals surface area contributed by atoms with E-state index in [1.165, 1.54) is 38.0 Å². The van der Waals surface area contributed by atoms with E-state index in [1.807, 2.05) is 49.9 Å². The summed E-state index contributed by atoms with van der Waals surface area (Å²) in [7, 11) is 0. The van der Waals surface area contributed by atoms with Gasteiger partial charge in [0.1, 0.15) is 17.1 Å². The zero-order valence-corrected chi connectivity index (χ0v) is 21.7. The van der Waals surface area contributed by atoms with Crippen LogP contribution >= 0.6 is 0 Å². The number of ether oxygens (including phenoxy) is 2. The van der Waals surface area contributed by atoms with E-state index in [0.717, 1.165) is 44.2 Å². The van der Waals surface area contributed by atoms with Crippen LogP contribution in [0, 0.1) is 0 Å². The van der Waals surface area contributed by atoms with Crippen LogP contribution in [0.4, 0.5) is 5.69 Å². The Morgan fingerprint density at radius 1 is 0.857 bits per heavy atom. The normalized spacial score (nSPS) is 17.3. The summed E-state index contributed by atoms with van der Waals surface area (Å²) >= 11 is 0. The third kappa shape index (κ3) is 7.63. The first-order valence-corrected chi connectivity index (χ1v) is 13.2. The molecule has 0 atom stereocenters. The average molecular weight is 480 g/mol. The van der Waals surface area contributed by atoms with Gasteiger partial charge in [0.2, 0.25) is 0 Å². The third-order valence-corrected chi connectivity index (χ3v) is 6.61. The van der Waals surface area contributed by atoms with Gasteiger partial charge in [-0.1, -0.05) is 12.5 Å². The molecule has 0 saturated carbocycles. The van der Waals surface area contributed by atoms with E-state index in [0.29, 0.717) is 18.7 Å². The largest absolute Gasteiger partial charge is 0.494 e. The van der Waals surface area contributed by atoms with Gasteiger partial charge in [0.15, 0.2) is 0 Å². The van der Waals surface area contributed by atoms with Gasteiger partial charge in [-0.05, 0) is 95.6 Å². The van der Waals surface area contributed by atoms with Crippen LogP contribution in [0.1, 0.15) is 56.8 Å². The molecule has 2 saturated heterocycles. The van der Waals surface area contributed by atoms with Crippen LogP contribution in [-0.4, -0.2) is 73.7 Å². The summed E-state index contributed by atoms with van der Waals surface area (Å²) in [6, 6.07) is 15.9. The Morgan fingerprint density at radius 2 is 1.57 bits per heavy atom. The number of carbonyl (C=O) groups is 1. The van der Waals surface area contributed by atoms with Gasteiger partial charge >= 0.3 is 0 Å². The molecule has 2 fully saturated rings. The lowest BCUT2D eigenvalue weighted by Gasteiger charge is -2.36. The fourth-order valence-electron chi connectivity index (χ4n) is 4.81. The highest BCUT2D eigenvalue weighted by atomic mass is 16.5. The maximum Gasteiger partial charge on any atom is 0.254 e. The van der Waals surface area contributed by atoms with Crippen LogP contribution in [-0.2, 0) is 0 Å². The molecule has 2 aliphatic rings. The molecule has 2 heterocycles. The number of hydrogen-bond acceptors (Lipinski definition) is 5. The lowest BCUT2D eigenvalue weighted by atomic mass is 10.1. The Hall–Kier alpha value is -2.73. The van der Waals surface area contributed by atoms with E-state index >= 15 is 0 Å². The van der Waals surface area contributed by atoms with Crippen LogP contribution in [0.2, 0.25) is 0 Å². The van der Waals surface area contributed by atoms with Crippen LogP contribution in [0.5, 0.6) is 11.5 Å². The van der Waals surface area contributed by atoms with Crippen molar-refractivity contribution in [1.82, 2.24) is 9.80 Å². The fourth-order valence-corrected chi connectivity index (χ4v) is 4.81. The zero-order chi connectivity index (χ0) is 24.7. The van der Waals surface area contributed by atoms with Crippen molar-refractivity contribution in [3.8, 4) is 11.5 Å². The standard InChI is InChI=1S/C29H41N3O3/c1-29(2,3)35-27-10-7-9-24(23-27)28(33)32-20-18-31(19-21-32)25-11-13-26(14-12-25)34-22-8-17-30-15-5-4-6-16-30/h7,9-14,23H,4-6,8,15-22H2,1-3H3. The first-order valence-electron chi connectivity index (χ1n) is 13.2. The molecule has 0 N–H and O–H groups in total. The second-order valence-electron chi connectivity index (χ2n) is 10.6. The number of rotatable bonds is 8. The average Bonchev–Trinajstić information content (AvgIpc) is 2.86. The van der Waals surface area contributed by atoms with Crippen LogP contribution in [0.3, 0.4) is 0 Å². The number of likely N-dealkylation sites (tertiary alicyclic amines) is 1. The molecule has 4 rings (SSSR count). The number of piperazine rings is 1. The smallest absolute Gasteiger partial charge is 0.254 e. The minimum Gasteiger partial charge on any atom is -0.494 e. The summed E-state index contributed by atoms with van der Waals surface area (Å²) in [6.07, 6.45) is 5.13. The minimum atomic E-state index is -0.291. The van der Waals surface area contributed by atoms with E-state index < -0.39 is 0 Å². The number of amides is 1. The highest BCUT2D eigenvalue weighted by Crippen LogP contribution is 2.23. The SMILES string of the molecule is CC(C)(C)Oc1cccc(C(=O)N2CCN(c3ccc(OCCCN4CCCCC4)cc3)CC2)c1. The molecule has 0 aliphatic carbocycles. The molecule has 0 aromatic heterocycles. The number of hydrogen-bond donors (Lipinski definition) is 0. The lowest BCUT2D eigenvalue weighted by Crippen LogP contribution is -2.48. The Kier molecular flexibility index (Phi) is 8.55. The Balaban J connectivity index is 1.22. The number of piperidine rings is 1. The van der Waals surface area contributed by atoms with Gasteiger partial charge in [0.25, 0.3) is 5.91 Å². The van der Waals surface area contributed by atoms with Crippen molar-refractivity contribution in [2.24, 2.45) is 0 Å². The molecule has 1 amide bonds. The van der Waals surface area contributed by atoms with Crippen molar-refractivity contribution in [1.29, 1.82) is 0 Å². The molecule has 2 aliphatic heterocycles. The second-order valence-corrected chi connectivity index (χ2v) is 10.6. The van der Waals surface area contributed by atoms with E-state index in [2.05, 4.69) is 34.1 Å². The third-order valence-electron chi connectivity index (χ3n) is 6.61. The Labute approximate surface area is 210 Å². The molecular weight excluding hydrogens is 438 g/mol. The van der Waals surface area contributed by atoms with Crippen LogP contribution in [0.15, 0.2) is 48.5 Å². The Morgan fingerprint density at radius 3 is 2.26 bits per heavy atom. The molecule has 190 valence electrons. The highest BCUT2D eigenvalue weighted by molar-refractivity contribution is 5.94. The summed E-state index contributed by atoms with van der Waals surface area (Å²) in [6.45, 7) is 13.5. The molecule has 0 radical (unpaired) electrons. The maximum absolute atomic E-state index is 13.1. The quantitative estimate of drug-likeness (QED) is 0.494. The van der Waals surface area contributed by atoms with Crippen LogP contribution < -0.4 is 14.4 Å². The summed E-state index contributed by atoms with van der Waals surface area (Å²) in [5.41, 5.74) is 1.57. The lowest BCUT2D eigenvalue weighted by molar-refractivity contribution is 0.0744. The van der Waals surface area contributed by atoms with Gasteiger partial charge in [0, 0.05) is 44.0 Å². The van der Waals surface area contributed by atoms with Gasteiger partial charge in [-0.3, -0.25) is 4.79 Å². The van der Waals surface area contributed by atoms with E-state index in [1.54, 1.807) is 0 Å². The highest BCUT2D eigenvalue weighted by Gasteiger charge is 2.23. The van der Waals surface area contributed by atoms with Crippen molar-refractivity contribution in [3.05, 3.63) is 54.1 Å². The fraction of sp³-hybridized carbons (Fsp3) is 0.552. The summed E-state index contributed by atoms with van der Waals surface area (Å²) in [5.74, 6) is 1.73. The minimum absolute atomic E-state index is 0.0670. The maximum atomic E-state index is 13.1. The molecule has 2 aromatic rings. The van der Waals surface area contributed by atoms with Gasteiger partial charge in [-0.25, -0.2) is 0 Å². The number of anilines is 1. The molecule has 6 nitrogen and oxygen atoms in total. The van der Waals surface area contributed by atoms with Crippen molar-refractivity contribution in [3.63, 3.8) is 0 Å². The first kappa shape index (κ1) is 25.4. The van der Waals surface area contributed by atoms with Gasteiger partial charge in [-0.2, -0.15) is 0 Å². The molecule has 6 heteroatoms. The second kappa shape index (κ2) is 11.8. The molecule has 2 aromatic carbocycles. The summed E-state index contributed by atoms with van der Waals surface area (Å²) < 4.78 is 11.9. The molecule has 35 heavy (non-hydrogen) atoms. The molecular formula is C29H41N3O3. The van der Waals surface area contributed by atoms with Crippen LogP contribution in [0.25, 0.3) is 0 Å². The number of benzene rings is 2. The first-order chi connectivity index (χ1) is 16.9. The van der Waals surface area contributed by atoms with Gasteiger partial charge in [-0.15, -0.1) is 0 Å². The van der Waals surface area contributed by atoms with E-state index in [-0.39, 0.29) is 11.5 Å². The predicted molar refractivity (Wildman–Crippen MR) is 142 cm³/mol. The van der Waals surface area contributed by atoms with E-state index in [9.17, 15) is 4.79 Å². The summed E-state index contributed by atoms with van der Waals surface area (Å²) in [4.78, 5) is 19.9. The monoisotopic (exact) mass is 479 g/mol. The molecule has 0 bridgehead atoms. The van der Waals surface area contributed by atoms with Crippen molar-refractivity contribution >= 4 is 11.6 Å².